The van der Waals surface area contributed by atoms with Gasteiger partial charge in [0, 0.05) is 13.1 Å². The maximum absolute atomic E-state index is 2.61. The topological polar surface area (TPSA) is 3.24 Å². The molecular formula is C42H77N. The van der Waals surface area contributed by atoms with Crippen LogP contribution in [0.3, 0.4) is 0 Å². The summed E-state index contributed by atoms with van der Waals surface area (Å²) in [6, 6.07) is 10.8. The number of benzene rings is 1. The smallest absolute Gasteiger partial charge is 0.0172 e. The maximum atomic E-state index is 2.61. The van der Waals surface area contributed by atoms with Crippen LogP contribution in [0.15, 0.2) is 36.5 Å². The predicted octanol–water partition coefficient (Wildman–Crippen LogP) is 14.7. The average molecular weight is 596 g/mol. The molecule has 0 saturated carbocycles. The third-order valence-electron chi connectivity index (χ3n) is 9.38. The van der Waals surface area contributed by atoms with Crippen molar-refractivity contribution in [1.82, 2.24) is 4.90 Å². The molecule has 1 heteroatoms. The molecule has 0 atom stereocenters. The lowest BCUT2D eigenvalue weighted by Crippen LogP contribution is -2.20. The van der Waals surface area contributed by atoms with Gasteiger partial charge in [-0.1, -0.05) is 224 Å². The van der Waals surface area contributed by atoms with Crippen LogP contribution >= 0.6 is 0 Å². The van der Waals surface area contributed by atoms with Gasteiger partial charge in [0.25, 0.3) is 0 Å². The predicted molar refractivity (Wildman–Crippen MR) is 197 cm³/mol. The van der Waals surface area contributed by atoms with Crippen molar-refractivity contribution in [3.05, 3.63) is 42.1 Å². The molecule has 0 radical (unpaired) electrons. The van der Waals surface area contributed by atoms with Crippen molar-refractivity contribution in [2.75, 3.05) is 13.1 Å². The maximum Gasteiger partial charge on any atom is 0.0172 e. The van der Waals surface area contributed by atoms with Crippen LogP contribution in [0.1, 0.15) is 212 Å². The van der Waals surface area contributed by atoms with Gasteiger partial charge in [0.1, 0.15) is 0 Å². The van der Waals surface area contributed by atoms with Gasteiger partial charge < -0.3 is 4.90 Å². The van der Waals surface area contributed by atoms with Crippen LogP contribution in [0.2, 0.25) is 0 Å². The summed E-state index contributed by atoms with van der Waals surface area (Å²) in [5.74, 6) is 0. The average Bonchev–Trinajstić information content (AvgIpc) is 3.03. The lowest BCUT2D eigenvalue weighted by molar-refractivity contribution is 0.351. The van der Waals surface area contributed by atoms with Crippen LogP contribution in [0.5, 0.6) is 0 Å². The zero-order valence-corrected chi connectivity index (χ0v) is 29.6. The highest BCUT2D eigenvalue weighted by molar-refractivity contribution is 5.48. The molecule has 0 aromatic heterocycles. The monoisotopic (exact) mass is 596 g/mol. The molecule has 0 unspecified atom stereocenters. The number of hydrogen-bond donors (Lipinski definition) is 0. The molecule has 0 bridgehead atoms. The van der Waals surface area contributed by atoms with Gasteiger partial charge in [0.05, 0.1) is 0 Å². The van der Waals surface area contributed by atoms with E-state index in [9.17, 15) is 0 Å². The van der Waals surface area contributed by atoms with Crippen LogP contribution in [-0.2, 0) is 0 Å². The third-order valence-corrected chi connectivity index (χ3v) is 9.38. The first-order valence-electron chi connectivity index (χ1n) is 19.8. The molecule has 0 aliphatic heterocycles. The Labute approximate surface area is 272 Å². The van der Waals surface area contributed by atoms with Crippen LogP contribution in [0, 0.1) is 0 Å². The first-order valence-corrected chi connectivity index (χ1v) is 19.8. The molecule has 0 fully saturated rings. The van der Waals surface area contributed by atoms with Crippen molar-refractivity contribution >= 4 is 6.08 Å². The second kappa shape index (κ2) is 33.6. The Morgan fingerprint density at radius 3 is 0.953 bits per heavy atom. The van der Waals surface area contributed by atoms with Crippen molar-refractivity contribution in [3.8, 4) is 0 Å². The van der Waals surface area contributed by atoms with Gasteiger partial charge in [0.15, 0.2) is 0 Å². The van der Waals surface area contributed by atoms with Crippen molar-refractivity contribution in [3.63, 3.8) is 0 Å². The van der Waals surface area contributed by atoms with E-state index in [0.717, 1.165) is 0 Å². The van der Waals surface area contributed by atoms with E-state index in [1.807, 2.05) is 0 Å². The molecule has 0 amide bonds. The second-order valence-electron chi connectivity index (χ2n) is 13.7. The van der Waals surface area contributed by atoms with E-state index in [4.69, 9.17) is 0 Å². The first-order chi connectivity index (χ1) is 21.4. The Kier molecular flexibility index (Phi) is 31.1. The summed E-state index contributed by atoms with van der Waals surface area (Å²) in [6.07, 6.45) is 47.8. The van der Waals surface area contributed by atoms with Crippen molar-refractivity contribution < 1.29 is 0 Å². The standard InChI is InChI=1S/C42H77N/c1-3-5-7-9-11-13-15-17-19-21-23-25-27-29-34-39-43(41-38-42-36-32-31-33-37-42)40-35-30-28-26-24-22-20-18-16-14-12-10-8-6-4-2/h31-33,36-38,41H,3-30,34-35,39-40H2,1-2H3. The van der Waals surface area contributed by atoms with E-state index in [1.165, 1.54) is 211 Å². The molecule has 1 rings (SSSR count). The highest BCUT2D eigenvalue weighted by atomic mass is 15.1. The fraction of sp³-hybridized carbons (Fsp3) is 0.810. The van der Waals surface area contributed by atoms with Crippen LogP contribution in [-0.4, -0.2) is 18.0 Å². The molecular weight excluding hydrogens is 518 g/mol. The number of hydrogen-bond acceptors (Lipinski definition) is 1. The summed E-state index contributed by atoms with van der Waals surface area (Å²) in [7, 11) is 0. The lowest BCUT2D eigenvalue weighted by Gasteiger charge is -2.20. The molecule has 1 aromatic rings. The Morgan fingerprint density at radius 1 is 0.372 bits per heavy atom. The number of nitrogens with zero attached hydrogens (tertiary/aromatic N) is 1. The Hall–Kier alpha value is -1.24. The molecule has 0 aliphatic carbocycles. The van der Waals surface area contributed by atoms with Crippen molar-refractivity contribution in [1.29, 1.82) is 0 Å². The van der Waals surface area contributed by atoms with Crippen molar-refractivity contribution in [2.24, 2.45) is 0 Å². The highest BCUT2D eigenvalue weighted by Gasteiger charge is 2.01. The van der Waals surface area contributed by atoms with Gasteiger partial charge in [0.2, 0.25) is 0 Å². The molecule has 0 aliphatic rings. The van der Waals surface area contributed by atoms with E-state index in [1.54, 1.807) is 0 Å². The minimum atomic E-state index is 1.22. The molecule has 1 nitrogen and oxygen atoms in total. The van der Waals surface area contributed by atoms with E-state index in [0.29, 0.717) is 0 Å². The normalized spacial score (nSPS) is 11.6. The molecule has 0 N–H and O–H groups in total. The fourth-order valence-corrected chi connectivity index (χ4v) is 6.39. The summed E-state index contributed by atoms with van der Waals surface area (Å²) in [5, 5.41) is 0. The molecule has 43 heavy (non-hydrogen) atoms. The van der Waals surface area contributed by atoms with Gasteiger partial charge in [-0.2, -0.15) is 0 Å². The van der Waals surface area contributed by atoms with Crippen LogP contribution < -0.4 is 0 Å². The largest absolute Gasteiger partial charge is 0.377 e. The SMILES string of the molecule is CCCCCCCCCCCCCCCCCN(C=Cc1ccccc1)CCCCCCCCCCCCCCCCC. The summed E-state index contributed by atoms with van der Waals surface area (Å²) in [5.41, 5.74) is 1.32. The molecule has 1 aromatic carbocycles. The Bertz CT molecular complexity index is 631. The van der Waals surface area contributed by atoms with E-state index < -0.39 is 0 Å². The molecule has 0 heterocycles. The summed E-state index contributed by atoms with van der Waals surface area (Å²) >= 11 is 0. The minimum Gasteiger partial charge on any atom is -0.377 e. The zero-order chi connectivity index (χ0) is 30.7. The third kappa shape index (κ3) is 29.2. The van der Waals surface area contributed by atoms with E-state index >= 15 is 0 Å². The van der Waals surface area contributed by atoms with Gasteiger partial charge in [-0.05, 0) is 30.7 Å². The van der Waals surface area contributed by atoms with Gasteiger partial charge in [-0.3, -0.25) is 0 Å². The van der Waals surface area contributed by atoms with Crippen LogP contribution in [0.4, 0.5) is 0 Å². The Morgan fingerprint density at radius 2 is 0.651 bits per heavy atom. The van der Waals surface area contributed by atoms with Gasteiger partial charge >= 0.3 is 0 Å². The number of unbranched alkanes of at least 4 members (excludes halogenated alkanes) is 28. The molecule has 0 saturated heterocycles. The van der Waals surface area contributed by atoms with E-state index in [2.05, 4.69) is 61.4 Å². The summed E-state index contributed by atoms with van der Waals surface area (Å²) in [4.78, 5) is 2.61. The fourth-order valence-electron chi connectivity index (χ4n) is 6.39. The lowest BCUT2D eigenvalue weighted by atomic mass is 10.0. The minimum absolute atomic E-state index is 1.22. The summed E-state index contributed by atoms with van der Waals surface area (Å²) < 4.78 is 0. The van der Waals surface area contributed by atoms with Crippen molar-refractivity contribution in [2.45, 2.75) is 206 Å². The first kappa shape index (κ1) is 39.8. The quantitative estimate of drug-likeness (QED) is 0.0716. The molecule has 250 valence electrons. The van der Waals surface area contributed by atoms with E-state index in [-0.39, 0.29) is 0 Å². The highest BCUT2D eigenvalue weighted by Crippen LogP contribution is 2.16. The molecule has 0 spiro atoms. The Balaban J connectivity index is 2.05. The second-order valence-corrected chi connectivity index (χ2v) is 13.7. The summed E-state index contributed by atoms with van der Waals surface area (Å²) in [6.45, 7) is 7.06. The van der Waals surface area contributed by atoms with Crippen LogP contribution in [0.25, 0.3) is 6.08 Å². The zero-order valence-electron chi connectivity index (χ0n) is 29.6. The number of rotatable bonds is 34. The van der Waals surface area contributed by atoms with Gasteiger partial charge in [-0.25, -0.2) is 0 Å². The van der Waals surface area contributed by atoms with Gasteiger partial charge in [-0.15, -0.1) is 0 Å².